The van der Waals surface area contributed by atoms with Crippen molar-refractivity contribution in [3.63, 3.8) is 0 Å². The van der Waals surface area contributed by atoms with Gasteiger partial charge in [0, 0.05) is 17.8 Å². The highest BCUT2D eigenvalue weighted by atomic mass is 32.2. The molecule has 0 radical (unpaired) electrons. The SMILES string of the molecule is CC(=O)c1cccc(NC(=O)CN2CCCCS2(=O)=O)c1. The number of carbonyl (C=O) groups excluding carboxylic acids is 2. The molecule has 7 heteroatoms. The molecule has 1 aliphatic rings. The number of benzene rings is 1. The van der Waals surface area contributed by atoms with E-state index in [1.165, 1.54) is 11.2 Å². The lowest BCUT2D eigenvalue weighted by atomic mass is 10.1. The van der Waals surface area contributed by atoms with Gasteiger partial charge in [0.05, 0.1) is 12.3 Å². The number of rotatable bonds is 4. The molecule has 0 bridgehead atoms. The molecule has 2 rings (SSSR count). The number of hydrogen-bond donors (Lipinski definition) is 1. The Bertz CT molecular complexity index is 655. The van der Waals surface area contributed by atoms with Crippen molar-refractivity contribution in [3.05, 3.63) is 29.8 Å². The first kappa shape index (κ1) is 15.7. The van der Waals surface area contributed by atoms with Gasteiger partial charge < -0.3 is 5.32 Å². The second kappa shape index (κ2) is 6.36. The van der Waals surface area contributed by atoms with Gasteiger partial charge in [-0.1, -0.05) is 12.1 Å². The van der Waals surface area contributed by atoms with E-state index in [2.05, 4.69) is 5.32 Å². The van der Waals surface area contributed by atoms with Crippen molar-refractivity contribution in [2.45, 2.75) is 19.8 Å². The van der Waals surface area contributed by atoms with E-state index in [-0.39, 0.29) is 18.1 Å². The monoisotopic (exact) mass is 310 g/mol. The van der Waals surface area contributed by atoms with Crippen LogP contribution in [0.15, 0.2) is 24.3 Å². The highest BCUT2D eigenvalue weighted by Gasteiger charge is 2.27. The molecule has 1 saturated heterocycles. The van der Waals surface area contributed by atoms with Crippen LogP contribution in [0, 0.1) is 0 Å². The Morgan fingerprint density at radius 2 is 2.05 bits per heavy atom. The van der Waals surface area contributed by atoms with Crippen molar-refractivity contribution < 1.29 is 18.0 Å². The van der Waals surface area contributed by atoms with Crippen LogP contribution in [-0.2, 0) is 14.8 Å². The van der Waals surface area contributed by atoms with Crippen molar-refractivity contribution in [3.8, 4) is 0 Å². The highest BCUT2D eigenvalue weighted by Crippen LogP contribution is 2.14. The number of amides is 1. The number of anilines is 1. The number of hydrogen-bond acceptors (Lipinski definition) is 4. The lowest BCUT2D eigenvalue weighted by Crippen LogP contribution is -2.42. The van der Waals surface area contributed by atoms with E-state index in [0.29, 0.717) is 24.2 Å². The molecule has 6 nitrogen and oxygen atoms in total. The molecule has 1 aliphatic heterocycles. The number of Topliss-reactive ketones (excluding diaryl/α,β-unsaturated/α-hetero) is 1. The third-order valence-electron chi connectivity index (χ3n) is 3.33. The van der Waals surface area contributed by atoms with Crippen molar-refractivity contribution in [1.82, 2.24) is 4.31 Å². The topological polar surface area (TPSA) is 83.6 Å². The zero-order valence-corrected chi connectivity index (χ0v) is 12.6. The Labute approximate surface area is 124 Å². The smallest absolute Gasteiger partial charge is 0.239 e. The summed E-state index contributed by atoms with van der Waals surface area (Å²) in [5.41, 5.74) is 0.987. The summed E-state index contributed by atoms with van der Waals surface area (Å²) in [5.74, 6) is -0.397. The molecule has 1 heterocycles. The Morgan fingerprint density at radius 3 is 2.71 bits per heavy atom. The van der Waals surface area contributed by atoms with Crippen LogP contribution in [0.1, 0.15) is 30.1 Å². The maximum Gasteiger partial charge on any atom is 0.239 e. The lowest BCUT2D eigenvalue weighted by Gasteiger charge is -2.25. The molecule has 0 unspecified atom stereocenters. The first-order chi connectivity index (χ1) is 9.88. The normalized spacial score (nSPS) is 18.1. The molecule has 1 aromatic carbocycles. The Balaban J connectivity index is 2.01. The summed E-state index contributed by atoms with van der Waals surface area (Å²) in [6, 6.07) is 6.57. The predicted octanol–water partition coefficient (Wildman–Crippen LogP) is 1.25. The number of sulfonamides is 1. The zero-order chi connectivity index (χ0) is 15.5. The molecule has 1 amide bonds. The summed E-state index contributed by atoms with van der Waals surface area (Å²) in [6.07, 6.45) is 1.41. The average Bonchev–Trinajstić information content (AvgIpc) is 2.41. The quantitative estimate of drug-likeness (QED) is 0.848. The molecular formula is C14H18N2O4S. The van der Waals surface area contributed by atoms with Crippen LogP contribution in [0.4, 0.5) is 5.69 Å². The molecule has 0 aromatic heterocycles. The molecule has 0 spiro atoms. The Kier molecular flexibility index (Phi) is 4.74. The maximum absolute atomic E-state index is 11.9. The summed E-state index contributed by atoms with van der Waals surface area (Å²) in [7, 11) is -3.31. The molecule has 1 fully saturated rings. The Hall–Kier alpha value is -1.73. The number of nitrogens with one attached hydrogen (secondary N) is 1. The highest BCUT2D eigenvalue weighted by molar-refractivity contribution is 7.89. The summed E-state index contributed by atoms with van der Waals surface area (Å²) in [5, 5.41) is 2.62. The molecule has 0 atom stereocenters. The predicted molar refractivity (Wildman–Crippen MR) is 79.7 cm³/mol. The summed E-state index contributed by atoms with van der Waals surface area (Å²) < 4.78 is 24.8. The minimum atomic E-state index is -3.31. The minimum Gasteiger partial charge on any atom is -0.325 e. The van der Waals surface area contributed by atoms with Gasteiger partial charge in [-0.25, -0.2) is 8.42 Å². The van der Waals surface area contributed by atoms with Gasteiger partial charge in [-0.05, 0) is 31.9 Å². The number of nitrogens with zero attached hydrogens (tertiary/aromatic N) is 1. The lowest BCUT2D eigenvalue weighted by molar-refractivity contribution is -0.116. The standard InChI is InChI=1S/C14H18N2O4S/c1-11(17)12-5-4-6-13(9-12)15-14(18)10-16-7-2-3-8-21(16,19)20/h4-6,9H,2-3,7-8,10H2,1H3,(H,15,18). The van der Waals surface area contributed by atoms with E-state index in [9.17, 15) is 18.0 Å². The van der Waals surface area contributed by atoms with E-state index < -0.39 is 15.9 Å². The van der Waals surface area contributed by atoms with Crippen LogP contribution < -0.4 is 5.32 Å². The van der Waals surface area contributed by atoms with E-state index in [0.717, 1.165) is 6.42 Å². The second-order valence-corrected chi connectivity index (χ2v) is 7.13. The van der Waals surface area contributed by atoms with Gasteiger partial charge in [0.15, 0.2) is 5.78 Å². The average molecular weight is 310 g/mol. The molecule has 114 valence electrons. The van der Waals surface area contributed by atoms with Gasteiger partial charge in [-0.2, -0.15) is 4.31 Å². The van der Waals surface area contributed by atoms with Crippen LogP contribution in [-0.4, -0.2) is 43.3 Å². The molecule has 1 aromatic rings. The Morgan fingerprint density at radius 1 is 1.29 bits per heavy atom. The van der Waals surface area contributed by atoms with Gasteiger partial charge in [-0.15, -0.1) is 0 Å². The molecule has 1 N–H and O–H groups in total. The van der Waals surface area contributed by atoms with Crippen LogP contribution in [0.2, 0.25) is 0 Å². The third-order valence-corrected chi connectivity index (χ3v) is 5.23. The van der Waals surface area contributed by atoms with Crippen molar-refractivity contribution >= 4 is 27.4 Å². The van der Waals surface area contributed by atoms with Crippen molar-refractivity contribution in [1.29, 1.82) is 0 Å². The van der Waals surface area contributed by atoms with Crippen LogP contribution >= 0.6 is 0 Å². The molecule has 21 heavy (non-hydrogen) atoms. The molecular weight excluding hydrogens is 292 g/mol. The first-order valence-electron chi connectivity index (χ1n) is 6.77. The van der Waals surface area contributed by atoms with Crippen LogP contribution in [0.3, 0.4) is 0 Å². The van der Waals surface area contributed by atoms with E-state index in [1.54, 1.807) is 24.3 Å². The van der Waals surface area contributed by atoms with E-state index in [4.69, 9.17) is 0 Å². The first-order valence-corrected chi connectivity index (χ1v) is 8.38. The molecule has 0 aliphatic carbocycles. The summed E-state index contributed by atoms with van der Waals surface area (Å²) in [4.78, 5) is 23.2. The summed E-state index contributed by atoms with van der Waals surface area (Å²) >= 11 is 0. The fourth-order valence-electron chi connectivity index (χ4n) is 2.19. The van der Waals surface area contributed by atoms with Gasteiger partial charge in [0.1, 0.15) is 0 Å². The van der Waals surface area contributed by atoms with Crippen LogP contribution in [0.25, 0.3) is 0 Å². The van der Waals surface area contributed by atoms with Gasteiger partial charge >= 0.3 is 0 Å². The maximum atomic E-state index is 11.9. The van der Waals surface area contributed by atoms with E-state index in [1.807, 2.05) is 0 Å². The third kappa shape index (κ3) is 4.12. The molecule has 0 saturated carbocycles. The van der Waals surface area contributed by atoms with Crippen LogP contribution in [0.5, 0.6) is 0 Å². The minimum absolute atomic E-state index is 0.0929. The number of carbonyl (C=O) groups is 2. The van der Waals surface area contributed by atoms with E-state index >= 15 is 0 Å². The largest absolute Gasteiger partial charge is 0.325 e. The van der Waals surface area contributed by atoms with Gasteiger partial charge in [0.25, 0.3) is 0 Å². The van der Waals surface area contributed by atoms with Crippen molar-refractivity contribution in [2.24, 2.45) is 0 Å². The van der Waals surface area contributed by atoms with Crippen molar-refractivity contribution in [2.75, 3.05) is 24.2 Å². The summed E-state index contributed by atoms with van der Waals surface area (Å²) in [6.45, 7) is 1.64. The van der Waals surface area contributed by atoms with Gasteiger partial charge in [0.2, 0.25) is 15.9 Å². The fourth-order valence-corrected chi connectivity index (χ4v) is 3.74. The van der Waals surface area contributed by atoms with Gasteiger partial charge in [-0.3, -0.25) is 9.59 Å². The second-order valence-electron chi connectivity index (χ2n) is 5.04. The fraction of sp³-hybridized carbons (Fsp3) is 0.429. The number of ketones is 1. The zero-order valence-electron chi connectivity index (χ0n) is 11.8.